The summed E-state index contributed by atoms with van der Waals surface area (Å²) in [7, 11) is 0. The maximum Gasteiger partial charge on any atom is 0.405 e. The summed E-state index contributed by atoms with van der Waals surface area (Å²) in [6.45, 7) is -2.42. The number of carboxylic acids is 1. The maximum absolute atomic E-state index is 13.2. The van der Waals surface area contributed by atoms with Crippen molar-refractivity contribution in [3.05, 3.63) is 35.9 Å². The molecule has 1 atom stereocenters. The molecule has 1 N–H and O–H groups in total. The number of hydrogen-bond acceptors (Lipinski definition) is 2. The van der Waals surface area contributed by atoms with Crippen molar-refractivity contribution in [1.29, 1.82) is 0 Å². The van der Waals surface area contributed by atoms with Crippen molar-refractivity contribution in [3.8, 4) is 0 Å². The number of hydrogen-bond donors (Lipinski definition) is 1. The molecule has 23 heavy (non-hydrogen) atoms. The zero-order chi connectivity index (χ0) is 17.5. The van der Waals surface area contributed by atoms with Crippen LogP contribution < -0.4 is 0 Å². The molecule has 128 valence electrons. The Labute approximate surface area is 127 Å². The Morgan fingerprint density at radius 3 is 2.04 bits per heavy atom. The highest BCUT2D eigenvalue weighted by atomic mass is 19.4. The van der Waals surface area contributed by atoms with Crippen LogP contribution in [0.5, 0.6) is 0 Å². The molecule has 3 nitrogen and oxygen atoms in total. The van der Waals surface area contributed by atoms with Gasteiger partial charge in [-0.15, -0.1) is 0 Å². The standard InChI is InChI=1S/C14H13F6NO2/c15-13(16,17)12(14(18,19)20)8-21(7-10(12)11(22)23)6-9-4-2-1-3-5-9/h1-5,10H,6-8H2,(H,22,23)/t10-/m0/s1. The number of nitrogens with zero attached hydrogens (tertiary/aromatic N) is 1. The Hall–Kier alpha value is -1.77. The first-order chi connectivity index (χ1) is 10.5. The summed E-state index contributed by atoms with van der Waals surface area (Å²) in [6.07, 6.45) is -11.4. The SMILES string of the molecule is O=C(O)[C@@H]1CN(Cc2ccccc2)CC1(C(F)(F)F)C(F)(F)F. The summed E-state index contributed by atoms with van der Waals surface area (Å²) >= 11 is 0. The van der Waals surface area contributed by atoms with Gasteiger partial charge in [0.2, 0.25) is 0 Å². The summed E-state index contributed by atoms with van der Waals surface area (Å²) in [5, 5.41) is 8.93. The lowest BCUT2D eigenvalue weighted by Crippen LogP contribution is -2.57. The molecule has 1 aliphatic rings. The Balaban J connectivity index is 2.39. The summed E-state index contributed by atoms with van der Waals surface area (Å²) in [4.78, 5) is 12.0. The van der Waals surface area contributed by atoms with Gasteiger partial charge in [0, 0.05) is 19.6 Å². The normalized spacial score (nSPS) is 22.3. The topological polar surface area (TPSA) is 40.5 Å². The molecule has 1 aliphatic heterocycles. The minimum atomic E-state index is -5.71. The van der Waals surface area contributed by atoms with Crippen LogP contribution in [0.15, 0.2) is 30.3 Å². The number of halogens is 6. The van der Waals surface area contributed by atoms with Crippen molar-refractivity contribution in [3.63, 3.8) is 0 Å². The third-order valence-corrected chi connectivity index (χ3v) is 4.07. The Morgan fingerprint density at radius 1 is 1.13 bits per heavy atom. The van der Waals surface area contributed by atoms with E-state index in [2.05, 4.69) is 0 Å². The van der Waals surface area contributed by atoms with Gasteiger partial charge in [0.1, 0.15) is 0 Å². The van der Waals surface area contributed by atoms with Gasteiger partial charge >= 0.3 is 18.3 Å². The molecule has 1 aromatic carbocycles. The smallest absolute Gasteiger partial charge is 0.405 e. The molecule has 0 unspecified atom stereocenters. The summed E-state index contributed by atoms with van der Waals surface area (Å²) in [5.41, 5.74) is -3.75. The van der Waals surface area contributed by atoms with Crippen molar-refractivity contribution >= 4 is 5.97 Å². The van der Waals surface area contributed by atoms with Crippen LogP contribution in [-0.4, -0.2) is 41.4 Å². The number of carboxylic acid groups (broad SMARTS) is 1. The Kier molecular flexibility index (Phi) is 4.36. The quantitative estimate of drug-likeness (QED) is 0.858. The number of alkyl halides is 6. The van der Waals surface area contributed by atoms with Crippen LogP contribution in [0.25, 0.3) is 0 Å². The second-order valence-corrected chi connectivity index (χ2v) is 5.51. The van der Waals surface area contributed by atoms with Crippen LogP contribution in [0, 0.1) is 11.3 Å². The van der Waals surface area contributed by atoms with Crippen molar-refractivity contribution in [2.45, 2.75) is 18.9 Å². The second kappa shape index (κ2) is 5.70. The van der Waals surface area contributed by atoms with Gasteiger partial charge in [0.15, 0.2) is 5.41 Å². The van der Waals surface area contributed by atoms with E-state index in [9.17, 15) is 31.1 Å². The molecule has 0 radical (unpaired) electrons. The molecule has 0 saturated carbocycles. The van der Waals surface area contributed by atoms with Crippen molar-refractivity contribution < 1.29 is 36.2 Å². The highest BCUT2D eigenvalue weighted by Crippen LogP contribution is 2.58. The predicted octanol–water partition coefficient (Wildman–Crippen LogP) is 3.31. The average Bonchev–Trinajstić information content (AvgIpc) is 2.80. The fourth-order valence-corrected chi connectivity index (χ4v) is 2.93. The summed E-state index contributed by atoms with van der Waals surface area (Å²) in [5.74, 6) is -4.69. The Bertz CT molecular complexity index is 555. The van der Waals surface area contributed by atoms with Gasteiger partial charge in [-0.25, -0.2) is 0 Å². The average molecular weight is 341 g/mol. The fraction of sp³-hybridized carbons (Fsp3) is 0.500. The lowest BCUT2D eigenvalue weighted by molar-refractivity contribution is -0.346. The van der Waals surface area contributed by atoms with E-state index in [4.69, 9.17) is 5.11 Å². The van der Waals surface area contributed by atoms with Gasteiger partial charge in [-0.3, -0.25) is 9.69 Å². The molecular formula is C14H13F6NO2. The highest BCUT2D eigenvalue weighted by molar-refractivity contribution is 5.72. The first-order valence-electron chi connectivity index (χ1n) is 6.61. The largest absolute Gasteiger partial charge is 0.481 e. The first kappa shape index (κ1) is 17.6. The third-order valence-electron chi connectivity index (χ3n) is 4.07. The van der Waals surface area contributed by atoms with Crippen LogP contribution in [0.3, 0.4) is 0 Å². The van der Waals surface area contributed by atoms with E-state index >= 15 is 0 Å². The predicted molar refractivity (Wildman–Crippen MR) is 67.4 cm³/mol. The van der Waals surface area contributed by atoms with Gasteiger partial charge in [-0.05, 0) is 5.56 Å². The van der Waals surface area contributed by atoms with Crippen LogP contribution in [0.2, 0.25) is 0 Å². The van der Waals surface area contributed by atoms with Crippen LogP contribution in [0.4, 0.5) is 26.3 Å². The van der Waals surface area contributed by atoms with E-state index in [0.717, 1.165) is 4.90 Å². The number of likely N-dealkylation sites (tertiary alicyclic amines) is 1. The van der Waals surface area contributed by atoms with E-state index in [0.29, 0.717) is 5.56 Å². The second-order valence-electron chi connectivity index (χ2n) is 5.51. The van der Waals surface area contributed by atoms with E-state index in [1.807, 2.05) is 0 Å². The minimum Gasteiger partial charge on any atom is -0.481 e. The van der Waals surface area contributed by atoms with E-state index in [-0.39, 0.29) is 6.54 Å². The minimum absolute atomic E-state index is 0.182. The highest BCUT2D eigenvalue weighted by Gasteiger charge is 2.78. The summed E-state index contributed by atoms with van der Waals surface area (Å²) < 4.78 is 79.3. The number of carbonyl (C=O) groups is 1. The lowest BCUT2D eigenvalue weighted by Gasteiger charge is -2.36. The molecule has 0 bridgehead atoms. The molecule has 1 fully saturated rings. The van der Waals surface area contributed by atoms with Gasteiger partial charge in [0.05, 0.1) is 5.92 Å². The number of aliphatic carboxylic acids is 1. The zero-order valence-electron chi connectivity index (χ0n) is 11.7. The molecule has 0 amide bonds. The molecule has 2 rings (SSSR count). The van der Waals surface area contributed by atoms with Crippen LogP contribution >= 0.6 is 0 Å². The van der Waals surface area contributed by atoms with E-state index < -0.39 is 42.7 Å². The van der Waals surface area contributed by atoms with E-state index in [1.165, 1.54) is 0 Å². The molecule has 9 heteroatoms. The van der Waals surface area contributed by atoms with Crippen LogP contribution in [0.1, 0.15) is 5.56 Å². The number of benzene rings is 1. The molecule has 1 heterocycles. The first-order valence-corrected chi connectivity index (χ1v) is 6.61. The number of rotatable bonds is 3. The molecule has 0 aliphatic carbocycles. The maximum atomic E-state index is 13.2. The van der Waals surface area contributed by atoms with Crippen molar-refractivity contribution in [2.75, 3.05) is 13.1 Å². The van der Waals surface area contributed by atoms with Gasteiger partial charge in [-0.1, -0.05) is 30.3 Å². The molecule has 0 aromatic heterocycles. The van der Waals surface area contributed by atoms with Crippen molar-refractivity contribution in [1.82, 2.24) is 4.90 Å². The monoisotopic (exact) mass is 341 g/mol. The van der Waals surface area contributed by atoms with E-state index in [1.54, 1.807) is 30.3 Å². The molecular weight excluding hydrogens is 328 g/mol. The summed E-state index contributed by atoms with van der Waals surface area (Å²) in [6, 6.07) is 7.96. The van der Waals surface area contributed by atoms with Gasteiger partial charge in [-0.2, -0.15) is 26.3 Å². The molecule has 1 aromatic rings. The molecule has 0 spiro atoms. The van der Waals surface area contributed by atoms with Gasteiger partial charge < -0.3 is 5.11 Å². The fourth-order valence-electron chi connectivity index (χ4n) is 2.93. The third kappa shape index (κ3) is 3.01. The molecule has 1 saturated heterocycles. The van der Waals surface area contributed by atoms with Crippen molar-refractivity contribution in [2.24, 2.45) is 11.3 Å². The van der Waals surface area contributed by atoms with Gasteiger partial charge in [0.25, 0.3) is 0 Å². The van der Waals surface area contributed by atoms with Crippen LogP contribution in [-0.2, 0) is 11.3 Å². The zero-order valence-corrected chi connectivity index (χ0v) is 11.7. The Morgan fingerprint density at radius 2 is 1.65 bits per heavy atom. The lowest BCUT2D eigenvalue weighted by atomic mass is 9.76.